The summed E-state index contributed by atoms with van der Waals surface area (Å²) in [6.45, 7) is 7.87. The second-order valence-corrected chi connectivity index (χ2v) is 5.08. The smallest absolute Gasteiger partial charge is 0.240 e. The molecule has 0 aromatic heterocycles. The van der Waals surface area contributed by atoms with Gasteiger partial charge in [0.1, 0.15) is 5.38 Å². The molecular formula is C11H19ClN2O2. The summed E-state index contributed by atoms with van der Waals surface area (Å²) in [6.07, 6.45) is 0. The van der Waals surface area contributed by atoms with Crippen LogP contribution in [-0.2, 0) is 9.59 Å². The zero-order chi connectivity index (χ0) is 12.3. The van der Waals surface area contributed by atoms with Crippen LogP contribution in [0.3, 0.4) is 0 Å². The Labute approximate surface area is 102 Å². The second-order valence-electron chi connectivity index (χ2n) is 4.42. The van der Waals surface area contributed by atoms with E-state index in [1.54, 1.807) is 11.8 Å². The van der Waals surface area contributed by atoms with Gasteiger partial charge in [0.2, 0.25) is 11.8 Å². The maximum absolute atomic E-state index is 11.7. The van der Waals surface area contributed by atoms with Gasteiger partial charge < -0.3 is 9.80 Å². The molecule has 0 bridgehead atoms. The van der Waals surface area contributed by atoms with Crippen molar-refractivity contribution >= 4 is 23.4 Å². The molecule has 1 unspecified atom stereocenters. The molecule has 16 heavy (non-hydrogen) atoms. The molecule has 0 radical (unpaired) electrons. The molecule has 0 aromatic carbocycles. The molecular weight excluding hydrogens is 228 g/mol. The Kier molecular flexibility index (Phi) is 4.59. The van der Waals surface area contributed by atoms with Crippen LogP contribution < -0.4 is 0 Å². The van der Waals surface area contributed by atoms with Crippen molar-refractivity contribution in [3.63, 3.8) is 0 Å². The Balaban J connectivity index is 2.45. The normalized spacial score (nSPS) is 18.8. The lowest BCUT2D eigenvalue weighted by Gasteiger charge is -2.36. The molecule has 2 amide bonds. The summed E-state index contributed by atoms with van der Waals surface area (Å²) in [5.74, 6) is 0.138. The highest BCUT2D eigenvalue weighted by Crippen LogP contribution is 2.09. The zero-order valence-electron chi connectivity index (χ0n) is 10.1. The Hall–Kier alpha value is -0.770. The Morgan fingerprint density at radius 3 is 1.62 bits per heavy atom. The number of alkyl halides is 1. The Morgan fingerprint density at radius 1 is 0.938 bits per heavy atom. The molecule has 0 aliphatic carbocycles. The van der Waals surface area contributed by atoms with E-state index in [2.05, 4.69) is 0 Å². The molecule has 0 N–H and O–H groups in total. The zero-order valence-corrected chi connectivity index (χ0v) is 10.8. The van der Waals surface area contributed by atoms with Crippen LogP contribution in [0.25, 0.3) is 0 Å². The van der Waals surface area contributed by atoms with Crippen LogP contribution in [0.4, 0.5) is 0 Å². The molecule has 5 heteroatoms. The van der Waals surface area contributed by atoms with Crippen LogP contribution in [-0.4, -0.2) is 53.2 Å². The Bertz CT molecular complexity index is 243. The predicted molar refractivity (Wildman–Crippen MR) is 63.3 cm³/mol. The van der Waals surface area contributed by atoms with E-state index in [1.165, 1.54) is 0 Å². The summed E-state index contributed by atoms with van der Waals surface area (Å²) in [6, 6.07) is 0. The number of carbonyl (C=O) groups excluding carboxylic acids is 2. The first kappa shape index (κ1) is 13.3. The third-order valence-electron chi connectivity index (χ3n) is 2.74. The molecule has 0 aromatic rings. The molecule has 0 saturated carbocycles. The van der Waals surface area contributed by atoms with E-state index in [-0.39, 0.29) is 17.7 Å². The van der Waals surface area contributed by atoms with E-state index in [0.717, 1.165) is 0 Å². The van der Waals surface area contributed by atoms with E-state index in [1.807, 2.05) is 18.7 Å². The summed E-state index contributed by atoms with van der Waals surface area (Å²) in [4.78, 5) is 26.8. The van der Waals surface area contributed by atoms with Gasteiger partial charge in [0.25, 0.3) is 0 Å². The fraction of sp³-hybridized carbons (Fsp3) is 0.818. The Morgan fingerprint density at radius 2 is 1.31 bits per heavy atom. The van der Waals surface area contributed by atoms with E-state index in [4.69, 9.17) is 11.6 Å². The molecule has 0 spiro atoms. The van der Waals surface area contributed by atoms with Gasteiger partial charge in [-0.3, -0.25) is 9.59 Å². The van der Waals surface area contributed by atoms with Gasteiger partial charge in [0.15, 0.2) is 0 Å². The molecule has 1 aliphatic rings. The third-order valence-corrected chi connectivity index (χ3v) is 2.92. The molecule has 1 atom stereocenters. The van der Waals surface area contributed by atoms with Gasteiger partial charge in [-0.15, -0.1) is 11.6 Å². The number of amides is 2. The van der Waals surface area contributed by atoms with Crippen LogP contribution >= 0.6 is 11.6 Å². The van der Waals surface area contributed by atoms with Crippen LogP contribution in [0, 0.1) is 5.92 Å². The summed E-state index contributed by atoms with van der Waals surface area (Å²) >= 11 is 5.74. The number of hydrogen-bond donors (Lipinski definition) is 0. The monoisotopic (exact) mass is 246 g/mol. The first-order valence-corrected chi connectivity index (χ1v) is 6.08. The van der Waals surface area contributed by atoms with Gasteiger partial charge in [0, 0.05) is 32.1 Å². The topological polar surface area (TPSA) is 40.6 Å². The fourth-order valence-corrected chi connectivity index (χ4v) is 1.90. The molecule has 1 aliphatic heterocycles. The standard InChI is InChI=1S/C11H19ClN2O2/c1-8(2)10(15)13-4-6-14(7-5-13)11(16)9(3)12/h8-9H,4-7H2,1-3H3. The summed E-state index contributed by atoms with van der Waals surface area (Å²) < 4.78 is 0. The number of halogens is 1. The minimum Gasteiger partial charge on any atom is -0.339 e. The van der Waals surface area contributed by atoms with Crippen molar-refractivity contribution in [3.8, 4) is 0 Å². The first-order chi connectivity index (χ1) is 7.43. The van der Waals surface area contributed by atoms with Gasteiger partial charge in [0.05, 0.1) is 0 Å². The highest BCUT2D eigenvalue weighted by Gasteiger charge is 2.26. The van der Waals surface area contributed by atoms with Gasteiger partial charge in [-0.25, -0.2) is 0 Å². The average Bonchev–Trinajstić information content (AvgIpc) is 2.27. The number of rotatable bonds is 2. The fourth-order valence-electron chi connectivity index (χ4n) is 1.76. The third kappa shape index (κ3) is 3.11. The van der Waals surface area contributed by atoms with Crippen molar-refractivity contribution in [3.05, 3.63) is 0 Å². The maximum atomic E-state index is 11.7. The molecule has 4 nitrogen and oxygen atoms in total. The van der Waals surface area contributed by atoms with Gasteiger partial charge >= 0.3 is 0 Å². The largest absolute Gasteiger partial charge is 0.339 e. The lowest BCUT2D eigenvalue weighted by Crippen LogP contribution is -2.52. The van der Waals surface area contributed by atoms with Gasteiger partial charge in [-0.05, 0) is 6.92 Å². The highest BCUT2D eigenvalue weighted by atomic mass is 35.5. The SMILES string of the molecule is CC(C)C(=O)N1CCN(C(=O)C(C)Cl)CC1. The lowest BCUT2D eigenvalue weighted by atomic mass is 10.1. The van der Waals surface area contributed by atoms with Gasteiger partial charge in [-0.1, -0.05) is 13.8 Å². The first-order valence-electron chi connectivity index (χ1n) is 5.65. The van der Waals surface area contributed by atoms with Crippen molar-refractivity contribution in [2.75, 3.05) is 26.2 Å². The number of nitrogens with zero attached hydrogens (tertiary/aromatic N) is 2. The molecule has 1 rings (SSSR count). The second kappa shape index (κ2) is 5.53. The van der Waals surface area contributed by atoms with Crippen molar-refractivity contribution in [2.24, 2.45) is 5.92 Å². The number of carbonyl (C=O) groups is 2. The van der Waals surface area contributed by atoms with E-state index in [9.17, 15) is 9.59 Å². The number of hydrogen-bond acceptors (Lipinski definition) is 2. The van der Waals surface area contributed by atoms with Crippen molar-refractivity contribution in [1.82, 2.24) is 9.80 Å². The van der Waals surface area contributed by atoms with Crippen LogP contribution in [0.2, 0.25) is 0 Å². The average molecular weight is 247 g/mol. The summed E-state index contributed by atoms with van der Waals surface area (Å²) in [5, 5.41) is -0.479. The minimum absolute atomic E-state index is 0.0224. The minimum atomic E-state index is -0.479. The summed E-state index contributed by atoms with van der Waals surface area (Å²) in [5.41, 5.74) is 0. The van der Waals surface area contributed by atoms with E-state index >= 15 is 0 Å². The lowest BCUT2D eigenvalue weighted by molar-refractivity contribution is -0.141. The summed E-state index contributed by atoms with van der Waals surface area (Å²) in [7, 11) is 0. The van der Waals surface area contributed by atoms with E-state index in [0.29, 0.717) is 26.2 Å². The van der Waals surface area contributed by atoms with Crippen molar-refractivity contribution in [1.29, 1.82) is 0 Å². The molecule has 92 valence electrons. The van der Waals surface area contributed by atoms with Crippen LogP contribution in [0.15, 0.2) is 0 Å². The van der Waals surface area contributed by atoms with Crippen molar-refractivity contribution in [2.45, 2.75) is 26.1 Å². The number of piperazine rings is 1. The highest BCUT2D eigenvalue weighted by molar-refractivity contribution is 6.30. The molecule has 1 heterocycles. The van der Waals surface area contributed by atoms with Crippen LogP contribution in [0.1, 0.15) is 20.8 Å². The van der Waals surface area contributed by atoms with Crippen molar-refractivity contribution < 1.29 is 9.59 Å². The predicted octanol–water partition coefficient (Wildman–Crippen LogP) is 0.940. The molecule has 1 fully saturated rings. The van der Waals surface area contributed by atoms with Crippen LogP contribution in [0.5, 0.6) is 0 Å². The maximum Gasteiger partial charge on any atom is 0.240 e. The van der Waals surface area contributed by atoms with Gasteiger partial charge in [-0.2, -0.15) is 0 Å². The van der Waals surface area contributed by atoms with E-state index < -0.39 is 5.38 Å². The molecule has 1 saturated heterocycles. The quantitative estimate of drug-likeness (QED) is 0.681.